The third-order valence-electron chi connectivity index (χ3n) is 4.62. The lowest BCUT2D eigenvalue weighted by molar-refractivity contribution is -0.0373. The molecule has 7 heteroatoms. The van der Waals surface area contributed by atoms with Gasteiger partial charge in [-0.05, 0) is 24.9 Å². The van der Waals surface area contributed by atoms with E-state index in [0.717, 1.165) is 25.9 Å². The van der Waals surface area contributed by atoms with Crippen LogP contribution in [0.2, 0.25) is 0 Å². The van der Waals surface area contributed by atoms with E-state index < -0.39 is 5.60 Å². The normalized spacial score (nSPS) is 21.0. The second kappa shape index (κ2) is 7.31. The van der Waals surface area contributed by atoms with Gasteiger partial charge >= 0.3 is 0 Å². The van der Waals surface area contributed by atoms with Crippen LogP contribution in [0.5, 0.6) is 0 Å². The lowest BCUT2D eigenvalue weighted by Gasteiger charge is -2.38. The predicted octanol–water partition coefficient (Wildman–Crippen LogP) is 2.10. The van der Waals surface area contributed by atoms with Crippen molar-refractivity contribution in [2.75, 3.05) is 13.1 Å². The molecule has 1 aliphatic heterocycles. The second-order valence-electron chi connectivity index (χ2n) is 6.80. The van der Waals surface area contributed by atoms with Crippen molar-refractivity contribution in [1.29, 1.82) is 0 Å². The van der Waals surface area contributed by atoms with Gasteiger partial charge in [-0.3, -0.25) is 9.88 Å². The number of rotatable bonds is 5. The number of benzene rings is 1. The quantitative estimate of drug-likeness (QED) is 0.753. The summed E-state index contributed by atoms with van der Waals surface area (Å²) in [6.45, 7) is 2.40. The minimum atomic E-state index is -0.862. The van der Waals surface area contributed by atoms with Crippen molar-refractivity contribution in [3.8, 4) is 11.5 Å². The average Bonchev–Trinajstić information content (AvgIpc) is 3.11. The van der Waals surface area contributed by atoms with Gasteiger partial charge in [0.25, 0.3) is 0 Å². The second-order valence-corrected chi connectivity index (χ2v) is 6.80. The molecule has 134 valence electrons. The molecule has 7 nitrogen and oxygen atoms in total. The van der Waals surface area contributed by atoms with E-state index in [4.69, 9.17) is 4.52 Å². The first-order chi connectivity index (χ1) is 12.7. The van der Waals surface area contributed by atoms with Crippen molar-refractivity contribution in [1.82, 2.24) is 25.0 Å². The van der Waals surface area contributed by atoms with E-state index in [2.05, 4.69) is 37.1 Å². The molecule has 0 spiro atoms. The van der Waals surface area contributed by atoms with Crippen molar-refractivity contribution in [3.63, 3.8) is 0 Å². The summed E-state index contributed by atoms with van der Waals surface area (Å²) >= 11 is 0. The SMILES string of the molecule is OC1(Cc2nc(-c3cnccn3)no2)CCCN(Cc2ccccc2)C1. The third-order valence-corrected chi connectivity index (χ3v) is 4.62. The van der Waals surface area contributed by atoms with E-state index in [-0.39, 0.29) is 0 Å². The summed E-state index contributed by atoms with van der Waals surface area (Å²) in [7, 11) is 0. The molecule has 1 saturated heterocycles. The van der Waals surface area contributed by atoms with Crippen molar-refractivity contribution in [2.24, 2.45) is 0 Å². The topological polar surface area (TPSA) is 88.2 Å². The lowest BCUT2D eigenvalue weighted by Crippen LogP contribution is -2.49. The predicted molar refractivity (Wildman–Crippen MR) is 94.9 cm³/mol. The van der Waals surface area contributed by atoms with Crippen LogP contribution in [0.1, 0.15) is 24.3 Å². The molecule has 2 aromatic heterocycles. The molecule has 4 rings (SSSR count). The van der Waals surface area contributed by atoms with Gasteiger partial charge in [0, 0.05) is 25.5 Å². The molecule has 1 aromatic carbocycles. The fraction of sp³-hybridized carbons (Fsp3) is 0.368. The first-order valence-electron chi connectivity index (χ1n) is 8.78. The van der Waals surface area contributed by atoms with E-state index in [1.807, 2.05) is 18.2 Å². The molecule has 0 saturated carbocycles. The molecule has 1 atom stereocenters. The molecule has 1 unspecified atom stereocenters. The Morgan fingerprint density at radius 3 is 2.88 bits per heavy atom. The minimum Gasteiger partial charge on any atom is -0.388 e. The Balaban J connectivity index is 1.43. The monoisotopic (exact) mass is 351 g/mol. The van der Waals surface area contributed by atoms with Gasteiger partial charge < -0.3 is 9.63 Å². The van der Waals surface area contributed by atoms with Gasteiger partial charge in [0.15, 0.2) is 0 Å². The number of likely N-dealkylation sites (tertiary alicyclic amines) is 1. The Bertz CT molecular complexity index is 839. The summed E-state index contributed by atoms with van der Waals surface area (Å²) < 4.78 is 5.33. The number of piperidine rings is 1. The molecule has 1 fully saturated rings. The summed E-state index contributed by atoms with van der Waals surface area (Å²) in [4.78, 5) is 14.8. The molecule has 0 aliphatic carbocycles. The van der Waals surface area contributed by atoms with Crippen LogP contribution in [0.25, 0.3) is 11.5 Å². The maximum Gasteiger partial charge on any atom is 0.229 e. The van der Waals surface area contributed by atoms with E-state index in [1.54, 1.807) is 18.6 Å². The number of hydrogen-bond donors (Lipinski definition) is 1. The zero-order chi connectivity index (χ0) is 17.8. The molecule has 3 heterocycles. The zero-order valence-electron chi connectivity index (χ0n) is 14.5. The largest absolute Gasteiger partial charge is 0.388 e. The maximum absolute atomic E-state index is 11.1. The Morgan fingerprint density at radius 2 is 2.08 bits per heavy atom. The van der Waals surface area contributed by atoms with Gasteiger partial charge in [0.05, 0.1) is 18.2 Å². The van der Waals surface area contributed by atoms with Gasteiger partial charge in [-0.2, -0.15) is 4.98 Å². The van der Waals surface area contributed by atoms with E-state index in [9.17, 15) is 5.11 Å². The summed E-state index contributed by atoms with van der Waals surface area (Å²) in [5.41, 5.74) is 0.947. The van der Waals surface area contributed by atoms with E-state index >= 15 is 0 Å². The molecule has 1 aliphatic rings. The van der Waals surface area contributed by atoms with Crippen LogP contribution in [0.15, 0.2) is 53.4 Å². The van der Waals surface area contributed by atoms with E-state index in [1.165, 1.54) is 5.56 Å². The zero-order valence-corrected chi connectivity index (χ0v) is 14.5. The highest BCUT2D eigenvalue weighted by molar-refractivity contribution is 5.45. The van der Waals surface area contributed by atoms with Crippen LogP contribution >= 0.6 is 0 Å². The lowest BCUT2D eigenvalue weighted by atomic mass is 9.89. The fourth-order valence-electron chi connectivity index (χ4n) is 3.45. The van der Waals surface area contributed by atoms with Crippen LogP contribution < -0.4 is 0 Å². The van der Waals surface area contributed by atoms with Crippen molar-refractivity contribution in [3.05, 3.63) is 60.4 Å². The maximum atomic E-state index is 11.1. The molecule has 1 N–H and O–H groups in total. The number of aliphatic hydroxyl groups is 1. The summed E-state index contributed by atoms with van der Waals surface area (Å²) in [5, 5.41) is 15.0. The van der Waals surface area contributed by atoms with Gasteiger partial charge in [-0.1, -0.05) is 35.5 Å². The van der Waals surface area contributed by atoms with Gasteiger partial charge in [-0.15, -0.1) is 0 Å². The highest BCUT2D eigenvalue weighted by Gasteiger charge is 2.35. The molecular weight excluding hydrogens is 330 g/mol. The molecule has 0 radical (unpaired) electrons. The Morgan fingerprint density at radius 1 is 1.19 bits per heavy atom. The summed E-state index contributed by atoms with van der Waals surface area (Å²) in [6.07, 6.45) is 6.77. The van der Waals surface area contributed by atoms with Crippen molar-refractivity contribution in [2.45, 2.75) is 31.4 Å². The third kappa shape index (κ3) is 3.95. The fourth-order valence-corrected chi connectivity index (χ4v) is 3.45. The first-order valence-corrected chi connectivity index (χ1v) is 8.78. The highest BCUT2D eigenvalue weighted by Crippen LogP contribution is 2.26. The first kappa shape index (κ1) is 16.8. The molecule has 26 heavy (non-hydrogen) atoms. The van der Waals surface area contributed by atoms with Gasteiger partial charge in [0.1, 0.15) is 5.69 Å². The number of nitrogens with zero attached hydrogens (tertiary/aromatic N) is 5. The Hall–Kier alpha value is -2.64. The number of aromatic nitrogens is 4. The van der Waals surface area contributed by atoms with Crippen LogP contribution in [-0.2, 0) is 13.0 Å². The van der Waals surface area contributed by atoms with Gasteiger partial charge in [0.2, 0.25) is 11.7 Å². The number of hydrogen-bond acceptors (Lipinski definition) is 7. The Labute approximate surface area is 151 Å². The standard InChI is InChI=1S/C19H21N5O2/c25-19(7-4-10-24(14-19)13-15-5-2-1-3-6-15)11-17-22-18(23-26-17)16-12-20-8-9-21-16/h1-3,5-6,8-9,12,25H,4,7,10-11,13-14H2. The van der Waals surface area contributed by atoms with E-state index in [0.29, 0.717) is 30.4 Å². The highest BCUT2D eigenvalue weighted by atomic mass is 16.5. The van der Waals surface area contributed by atoms with Crippen LogP contribution in [0, 0.1) is 0 Å². The van der Waals surface area contributed by atoms with Gasteiger partial charge in [-0.25, -0.2) is 4.98 Å². The van der Waals surface area contributed by atoms with Crippen LogP contribution in [0.3, 0.4) is 0 Å². The van der Waals surface area contributed by atoms with Crippen molar-refractivity contribution >= 4 is 0 Å². The summed E-state index contributed by atoms with van der Waals surface area (Å²) in [5.74, 6) is 0.823. The van der Waals surface area contributed by atoms with Crippen LogP contribution in [-0.4, -0.2) is 48.8 Å². The van der Waals surface area contributed by atoms with Crippen LogP contribution in [0.4, 0.5) is 0 Å². The molecule has 3 aromatic rings. The smallest absolute Gasteiger partial charge is 0.229 e. The molecule has 0 bridgehead atoms. The molecule has 0 amide bonds. The average molecular weight is 351 g/mol. The Kier molecular flexibility index (Phi) is 4.73. The molecular formula is C19H21N5O2. The summed E-state index contributed by atoms with van der Waals surface area (Å²) in [6, 6.07) is 10.3. The minimum absolute atomic E-state index is 0.339. The van der Waals surface area contributed by atoms with Crippen molar-refractivity contribution < 1.29 is 9.63 Å². The number of β-amino-alcohol motifs (C(OH)–C–C–N with tert-alkyl or cyclic N) is 1.